The fourth-order valence-electron chi connectivity index (χ4n) is 1.95. The number of nitrogens with one attached hydrogen (secondary N) is 1. The number of methoxy groups -OCH3 is 1. The van der Waals surface area contributed by atoms with Gasteiger partial charge in [0.15, 0.2) is 11.5 Å². The largest absolute Gasteiger partial charge is 0.504 e. The zero-order valence-electron chi connectivity index (χ0n) is 11.4. The smallest absolute Gasteiger partial charge is 0.160 e. The Labute approximate surface area is 109 Å². The molecule has 0 bridgehead atoms. The second kappa shape index (κ2) is 6.61. The van der Waals surface area contributed by atoms with Gasteiger partial charge in [-0.3, -0.25) is 0 Å². The number of aliphatic hydroxyl groups is 1. The molecule has 3 N–H and O–H groups in total. The first kappa shape index (κ1) is 14.8. The topological polar surface area (TPSA) is 61.7 Å². The van der Waals surface area contributed by atoms with Crippen LogP contribution < -0.4 is 10.1 Å². The van der Waals surface area contributed by atoms with Gasteiger partial charge in [-0.05, 0) is 31.0 Å². The zero-order chi connectivity index (χ0) is 13.6. The van der Waals surface area contributed by atoms with Gasteiger partial charge in [-0.15, -0.1) is 0 Å². The van der Waals surface area contributed by atoms with Crippen LogP contribution in [0.15, 0.2) is 18.2 Å². The summed E-state index contributed by atoms with van der Waals surface area (Å²) in [5.41, 5.74) is 0.282. The van der Waals surface area contributed by atoms with Gasteiger partial charge in [-0.25, -0.2) is 0 Å². The van der Waals surface area contributed by atoms with Crippen LogP contribution in [0.2, 0.25) is 0 Å². The first-order valence-electron chi connectivity index (χ1n) is 6.27. The van der Waals surface area contributed by atoms with Crippen LogP contribution in [0.5, 0.6) is 11.5 Å². The Balaban J connectivity index is 2.47. The molecule has 102 valence electrons. The Kier molecular flexibility index (Phi) is 5.44. The number of benzene rings is 1. The van der Waals surface area contributed by atoms with Crippen LogP contribution in [0.3, 0.4) is 0 Å². The van der Waals surface area contributed by atoms with E-state index in [1.54, 1.807) is 12.1 Å². The lowest BCUT2D eigenvalue weighted by molar-refractivity contribution is 0.0498. The molecular weight excluding hydrogens is 230 g/mol. The van der Waals surface area contributed by atoms with E-state index in [9.17, 15) is 10.2 Å². The number of rotatable bonds is 7. The monoisotopic (exact) mass is 253 g/mol. The van der Waals surface area contributed by atoms with Gasteiger partial charge in [0.2, 0.25) is 0 Å². The van der Waals surface area contributed by atoms with Crippen LogP contribution in [0, 0.1) is 0 Å². The Morgan fingerprint density at radius 2 is 2.11 bits per heavy atom. The highest BCUT2D eigenvalue weighted by atomic mass is 16.5. The summed E-state index contributed by atoms with van der Waals surface area (Å²) in [5, 5.41) is 22.8. The molecule has 4 heteroatoms. The summed E-state index contributed by atoms with van der Waals surface area (Å²) < 4.78 is 4.98. The van der Waals surface area contributed by atoms with Crippen molar-refractivity contribution in [2.24, 2.45) is 0 Å². The highest BCUT2D eigenvalue weighted by Crippen LogP contribution is 2.26. The third-order valence-electron chi connectivity index (χ3n) is 2.87. The molecule has 1 unspecified atom stereocenters. The van der Waals surface area contributed by atoms with Crippen molar-refractivity contribution in [2.75, 3.05) is 13.7 Å². The molecule has 0 fully saturated rings. The Morgan fingerprint density at radius 1 is 1.39 bits per heavy atom. The highest BCUT2D eigenvalue weighted by molar-refractivity contribution is 5.41. The van der Waals surface area contributed by atoms with Crippen molar-refractivity contribution >= 4 is 0 Å². The van der Waals surface area contributed by atoms with Crippen molar-refractivity contribution in [2.45, 2.75) is 38.8 Å². The van der Waals surface area contributed by atoms with Gasteiger partial charge in [0.1, 0.15) is 0 Å². The third kappa shape index (κ3) is 4.55. The maximum absolute atomic E-state index is 10.00. The van der Waals surface area contributed by atoms with Crippen LogP contribution in [0.1, 0.15) is 32.3 Å². The van der Waals surface area contributed by atoms with Crippen LogP contribution in [0.25, 0.3) is 0 Å². The van der Waals surface area contributed by atoms with E-state index in [0.717, 1.165) is 18.4 Å². The number of phenols is 1. The molecule has 0 aromatic heterocycles. The fourth-order valence-corrected chi connectivity index (χ4v) is 1.95. The molecule has 0 aliphatic heterocycles. The molecule has 1 rings (SSSR count). The molecule has 0 spiro atoms. The van der Waals surface area contributed by atoms with Crippen molar-refractivity contribution in [3.63, 3.8) is 0 Å². The fraction of sp³-hybridized carbons (Fsp3) is 0.571. The SMILES string of the molecule is CCCC(C)(O)CNCc1ccc(OC)c(O)c1. The van der Waals surface area contributed by atoms with E-state index < -0.39 is 5.60 Å². The molecule has 0 saturated heterocycles. The summed E-state index contributed by atoms with van der Waals surface area (Å²) in [4.78, 5) is 0. The predicted molar refractivity (Wildman–Crippen MR) is 71.9 cm³/mol. The summed E-state index contributed by atoms with van der Waals surface area (Å²) >= 11 is 0. The second-order valence-electron chi connectivity index (χ2n) is 4.86. The molecule has 1 atom stereocenters. The maximum atomic E-state index is 10.00. The number of ether oxygens (including phenoxy) is 1. The van der Waals surface area contributed by atoms with Gasteiger partial charge in [0.05, 0.1) is 12.7 Å². The van der Waals surface area contributed by atoms with E-state index in [1.165, 1.54) is 7.11 Å². The molecule has 0 heterocycles. The normalized spacial score (nSPS) is 14.2. The molecule has 0 aliphatic rings. The molecule has 18 heavy (non-hydrogen) atoms. The van der Waals surface area contributed by atoms with E-state index in [-0.39, 0.29) is 5.75 Å². The van der Waals surface area contributed by atoms with Gasteiger partial charge >= 0.3 is 0 Å². The number of hydrogen-bond donors (Lipinski definition) is 3. The highest BCUT2D eigenvalue weighted by Gasteiger charge is 2.17. The van der Waals surface area contributed by atoms with Gasteiger partial charge in [0.25, 0.3) is 0 Å². The first-order valence-corrected chi connectivity index (χ1v) is 6.27. The van der Waals surface area contributed by atoms with Gasteiger partial charge < -0.3 is 20.3 Å². The first-order chi connectivity index (χ1) is 8.48. The standard InChI is InChI=1S/C14H23NO3/c1-4-7-14(2,17)10-15-9-11-5-6-13(18-3)12(16)8-11/h5-6,8,15-17H,4,7,9-10H2,1-3H3. The molecule has 0 aliphatic carbocycles. The van der Waals surface area contributed by atoms with E-state index in [2.05, 4.69) is 12.2 Å². The van der Waals surface area contributed by atoms with Crippen LogP contribution in [-0.4, -0.2) is 29.5 Å². The second-order valence-corrected chi connectivity index (χ2v) is 4.86. The Hall–Kier alpha value is -1.26. The summed E-state index contributed by atoms with van der Waals surface area (Å²) in [6, 6.07) is 5.29. The van der Waals surface area contributed by atoms with Gasteiger partial charge in [0, 0.05) is 13.1 Å². The molecule has 1 aromatic rings. The number of hydrogen-bond acceptors (Lipinski definition) is 4. The van der Waals surface area contributed by atoms with Gasteiger partial charge in [-0.2, -0.15) is 0 Å². The minimum atomic E-state index is -0.677. The summed E-state index contributed by atoms with van der Waals surface area (Å²) in [6.07, 6.45) is 1.73. The average Bonchev–Trinajstić information content (AvgIpc) is 2.29. The molecule has 1 aromatic carbocycles. The van der Waals surface area contributed by atoms with E-state index in [1.807, 2.05) is 13.0 Å². The predicted octanol–water partition coefficient (Wildman–Crippen LogP) is 2.04. The minimum absolute atomic E-state index is 0.136. The molecule has 0 radical (unpaired) electrons. The lowest BCUT2D eigenvalue weighted by Crippen LogP contribution is -2.37. The number of phenolic OH excluding ortho intramolecular Hbond substituents is 1. The Morgan fingerprint density at radius 3 is 2.67 bits per heavy atom. The van der Waals surface area contributed by atoms with Crippen molar-refractivity contribution in [1.29, 1.82) is 0 Å². The lowest BCUT2D eigenvalue weighted by atomic mass is 10.0. The lowest BCUT2D eigenvalue weighted by Gasteiger charge is -2.23. The van der Waals surface area contributed by atoms with Crippen molar-refractivity contribution in [3.05, 3.63) is 23.8 Å². The quantitative estimate of drug-likeness (QED) is 0.696. The van der Waals surface area contributed by atoms with E-state index in [4.69, 9.17) is 4.74 Å². The molecular formula is C14H23NO3. The summed E-state index contributed by atoms with van der Waals surface area (Å²) in [7, 11) is 1.52. The molecule has 0 amide bonds. The van der Waals surface area contributed by atoms with Crippen LogP contribution in [0.4, 0.5) is 0 Å². The van der Waals surface area contributed by atoms with Crippen LogP contribution >= 0.6 is 0 Å². The summed E-state index contributed by atoms with van der Waals surface area (Å²) in [5.74, 6) is 0.605. The van der Waals surface area contributed by atoms with Crippen molar-refractivity contribution in [1.82, 2.24) is 5.32 Å². The molecule has 0 saturated carbocycles. The van der Waals surface area contributed by atoms with Crippen LogP contribution in [-0.2, 0) is 6.54 Å². The van der Waals surface area contributed by atoms with E-state index >= 15 is 0 Å². The third-order valence-corrected chi connectivity index (χ3v) is 2.87. The molecule has 4 nitrogen and oxygen atoms in total. The Bertz CT molecular complexity index is 377. The summed E-state index contributed by atoms with van der Waals surface area (Å²) in [6.45, 7) is 5.02. The minimum Gasteiger partial charge on any atom is -0.504 e. The number of aromatic hydroxyl groups is 1. The maximum Gasteiger partial charge on any atom is 0.160 e. The van der Waals surface area contributed by atoms with Crippen molar-refractivity contribution in [3.8, 4) is 11.5 Å². The van der Waals surface area contributed by atoms with Gasteiger partial charge in [-0.1, -0.05) is 19.4 Å². The average molecular weight is 253 g/mol. The van der Waals surface area contributed by atoms with E-state index in [0.29, 0.717) is 18.8 Å². The van der Waals surface area contributed by atoms with Crippen molar-refractivity contribution < 1.29 is 14.9 Å². The zero-order valence-corrected chi connectivity index (χ0v) is 11.4.